The predicted octanol–water partition coefficient (Wildman–Crippen LogP) is 4.89. The molecule has 0 aromatic heterocycles. The smallest absolute Gasteiger partial charge is 0.0329 e. The molecule has 0 saturated heterocycles. The van der Waals surface area contributed by atoms with Gasteiger partial charge in [0.1, 0.15) is 0 Å². The lowest BCUT2D eigenvalue weighted by Crippen LogP contribution is -2.23. The number of hydrogen-bond acceptors (Lipinski definition) is 1. The van der Waals surface area contributed by atoms with Crippen LogP contribution in [-0.4, -0.2) is 0 Å². The number of halogens is 1. The van der Waals surface area contributed by atoms with Gasteiger partial charge in [0.2, 0.25) is 0 Å². The highest BCUT2D eigenvalue weighted by atomic mass is 79.9. The minimum atomic E-state index is 0.0861. The molecule has 0 heterocycles. The van der Waals surface area contributed by atoms with Crippen molar-refractivity contribution in [1.29, 1.82) is 0 Å². The standard InChI is InChI=1S/C16H20BrN/c1-10(2)11(3)16(18)14-8-9-15(17)13-7-5-4-6-12(13)14/h4-11,16H,18H2,1-3H3. The normalized spacial score (nSPS) is 15.0. The van der Waals surface area contributed by atoms with E-state index in [-0.39, 0.29) is 6.04 Å². The van der Waals surface area contributed by atoms with Crippen molar-refractivity contribution in [2.24, 2.45) is 17.6 Å². The lowest BCUT2D eigenvalue weighted by molar-refractivity contribution is 0.353. The van der Waals surface area contributed by atoms with Gasteiger partial charge in [-0.2, -0.15) is 0 Å². The number of hydrogen-bond donors (Lipinski definition) is 1. The van der Waals surface area contributed by atoms with Crippen LogP contribution in [0.15, 0.2) is 40.9 Å². The maximum atomic E-state index is 6.44. The van der Waals surface area contributed by atoms with Crippen molar-refractivity contribution in [3.8, 4) is 0 Å². The van der Waals surface area contributed by atoms with Crippen molar-refractivity contribution in [2.45, 2.75) is 26.8 Å². The third kappa shape index (κ3) is 2.45. The highest BCUT2D eigenvalue weighted by molar-refractivity contribution is 9.10. The van der Waals surface area contributed by atoms with E-state index in [4.69, 9.17) is 5.73 Å². The van der Waals surface area contributed by atoms with Gasteiger partial charge < -0.3 is 5.73 Å². The Balaban J connectivity index is 2.55. The summed E-state index contributed by atoms with van der Waals surface area (Å²) < 4.78 is 1.13. The van der Waals surface area contributed by atoms with Crippen LogP contribution in [0.25, 0.3) is 10.8 Å². The van der Waals surface area contributed by atoms with Gasteiger partial charge in [-0.3, -0.25) is 0 Å². The van der Waals surface area contributed by atoms with E-state index < -0.39 is 0 Å². The van der Waals surface area contributed by atoms with Crippen LogP contribution in [0.4, 0.5) is 0 Å². The Labute approximate surface area is 118 Å². The summed E-state index contributed by atoms with van der Waals surface area (Å²) in [6.45, 7) is 6.68. The van der Waals surface area contributed by atoms with Gasteiger partial charge in [-0.1, -0.05) is 67.0 Å². The Bertz CT molecular complexity index is 548. The predicted molar refractivity (Wildman–Crippen MR) is 82.6 cm³/mol. The van der Waals surface area contributed by atoms with E-state index in [0.29, 0.717) is 11.8 Å². The second-order valence-electron chi connectivity index (χ2n) is 5.31. The molecule has 0 amide bonds. The van der Waals surface area contributed by atoms with Crippen LogP contribution in [0.2, 0.25) is 0 Å². The van der Waals surface area contributed by atoms with E-state index >= 15 is 0 Å². The molecule has 0 radical (unpaired) electrons. The molecule has 18 heavy (non-hydrogen) atoms. The van der Waals surface area contributed by atoms with E-state index in [1.54, 1.807) is 0 Å². The molecule has 2 aromatic rings. The Hall–Kier alpha value is -0.860. The van der Waals surface area contributed by atoms with Gasteiger partial charge in [0.15, 0.2) is 0 Å². The first-order valence-electron chi connectivity index (χ1n) is 6.45. The Morgan fingerprint density at radius 1 is 0.944 bits per heavy atom. The van der Waals surface area contributed by atoms with Gasteiger partial charge in [0.05, 0.1) is 0 Å². The minimum Gasteiger partial charge on any atom is -0.324 e. The number of nitrogens with two attached hydrogens (primary N) is 1. The molecule has 0 aliphatic carbocycles. The molecule has 2 rings (SSSR count). The molecule has 2 N–H and O–H groups in total. The summed E-state index contributed by atoms with van der Waals surface area (Å²) in [5.74, 6) is 1.05. The van der Waals surface area contributed by atoms with Crippen LogP contribution in [0.1, 0.15) is 32.4 Å². The number of benzene rings is 2. The fourth-order valence-corrected chi connectivity index (χ4v) is 2.75. The van der Waals surface area contributed by atoms with E-state index in [2.05, 4.69) is 73.1 Å². The number of fused-ring (bicyclic) bond motifs is 1. The highest BCUT2D eigenvalue weighted by Gasteiger charge is 2.20. The fraction of sp³-hybridized carbons (Fsp3) is 0.375. The van der Waals surface area contributed by atoms with E-state index in [9.17, 15) is 0 Å². The molecular formula is C16H20BrN. The zero-order chi connectivity index (χ0) is 13.3. The third-order valence-electron chi connectivity index (χ3n) is 3.88. The maximum absolute atomic E-state index is 6.44. The lowest BCUT2D eigenvalue weighted by atomic mass is 9.85. The Morgan fingerprint density at radius 3 is 2.17 bits per heavy atom. The summed E-state index contributed by atoms with van der Waals surface area (Å²) in [4.78, 5) is 0. The van der Waals surface area contributed by atoms with Crippen molar-refractivity contribution in [1.82, 2.24) is 0 Å². The fourth-order valence-electron chi connectivity index (χ4n) is 2.27. The average molecular weight is 306 g/mol. The van der Waals surface area contributed by atoms with Gasteiger partial charge in [0.25, 0.3) is 0 Å². The molecule has 1 nitrogen and oxygen atoms in total. The summed E-state index contributed by atoms with van der Waals surface area (Å²) >= 11 is 3.61. The second kappa shape index (κ2) is 5.41. The van der Waals surface area contributed by atoms with Crippen LogP contribution in [-0.2, 0) is 0 Å². The van der Waals surface area contributed by atoms with Crippen LogP contribution < -0.4 is 5.73 Å². The molecule has 2 aromatic carbocycles. The van der Waals surface area contributed by atoms with Crippen LogP contribution in [0.5, 0.6) is 0 Å². The minimum absolute atomic E-state index is 0.0861. The van der Waals surface area contributed by atoms with Crippen LogP contribution in [0, 0.1) is 11.8 Å². The van der Waals surface area contributed by atoms with Gasteiger partial charge >= 0.3 is 0 Å². The van der Waals surface area contributed by atoms with Crippen LogP contribution in [0.3, 0.4) is 0 Å². The molecule has 2 atom stereocenters. The van der Waals surface area contributed by atoms with Gasteiger partial charge in [-0.05, 0) is 34.2 Å². The molecule has 0 bridgehead atoms. The molecule has 96 valence electrons. The first kappa shape index (κ1) is 13.6. The van der Waals surface area contributed by atoms with Crippen molar-refractivity contribution in [3.05, 3.63) is 46.4 Å². The monoisotopic (exact) mass is 305 g/mol. The molecule has 0 spiro atoms. The molecule has 0 aliphatic rings. The highest BCUT2D eigenvalue weighted by Crippen LogP contribution is 2.33. The largest absolute Gasteiger partial charge is 0.324 e. The van der Waals surface area contributed by atoms with Gasteiger partial charge in [-0.15, -0.1) is 0 Å². The SMILES string of the molecule is CC(C)C(C)C(N)c1ccc(Br)c2ccccc12. The van der Waals surface area contributed by atoms with Crippen molar-refractivity contribution in [3.63, 3.8) is 0 Å². The van der Waals surface area contributed by atoms with Gasteiger partial charge in [-0.25, -0.2) is 0 Å². The third-order valence-corrected chi connectivity index (χ3v) is 4.57. The first-order chi connectivity index (χ1) is 8.52. The Kier molecular flexibility index (Phi) is 4.08. The molecule has 2 heteroatoms. The molecule has 0 fully saturated rings. The maximum Gasteiger partial charge on any atom is 0.0329 e. The topological polar surface area (TPSA) is 26.0 Å². The van der Waals surface area contributed by atoms with E-state index in [1.165, 1.54) is 16.3 Å². The van der Waals surface area contributed by atoms with Crippen LogP contribution >= 0.6 is 15.9 Å². The summed E-state index contributed by atoms with van der Waals surface area (Å²) in [5, 5.41) is 2.49. The van der Waals surface area contributed by atoms with Crippen molar-refractivity contribution in [2.75, 3.05) is 0 Å². The van der Waals surface area contributed by atoms with E-state index in [1.807, 2.05) is 0 Å². The van der Waals surface area contributed by atoms with Crippen molar-refractivity contribution < 1.29 is 0 Å². The zero-order valence-electron chi connectivity index (χ0n) is 11.2. The number of rotatable bonds is 3. The molecule has 2 unspecified atom stereocenters. The van der Waals surface area contributed by atoms with E-state index in [0.717, 1.165) is 4.47 Å². The lowest BCUT2D eigenvalue weighted by Gasteiger charge is -2.25. The van der Waals surface area contributed by atoms with Crippen molar-refractivity contribution >= 4 is 26.7 Å². The quantitative estimate of drug-likeness (QED) is 0.858. The molecular weight excluding hydrogens is 286 g/mol. The van der Waals surface area contributed by atoms with Gasteiger partial charge in [0, 0.05) is 10.5 Å². The summed E-state index contributed by atoms with van der Waals surface area (Å²) in [7, 11) is 0. The molecule has 0 saturated carbocycles. The first-order valence-corrected chi connectivity index (χ1v) is 7.24. The summed E-state index contributed by atoms with van der Waals surface area (Å²) in [6.07, 6.45) is 0. The average Bonchev–Trinajstić information content (AvgIpc) is 2.38. The summed E-state index contributed by atoms with van der Waals surface area (Å²) in [6, 6.07) is 12.8. The second-order valence-corrected chi connectivity index (χ2v) is 6.17. The Morgan fingerprint density at radius 2 is 1.56 bits per heavy atom. The molecule has 0 aliphatic heterocycles. The summed E-state index contributed by atoms with van der Waals surface area (Å²) in [5.41, 5.74) is 7.69. The zero-order valence-corrected chi connectivity index (χ0v) is 12.7.